The van der Waals surface area contributed by atoms with Crippen molar-refractivity contribution in [3.8, 4) is 0 Å². The van der Waals surface area contributed by atoms with Gasteiger partial charge in [-0.05, 0) is 38.5 Å². The van der Waals surface area contributed by atoms with E-state index < -0.39 is 0 Å². The standard InChI is InChI=1S/C44H87NO/c1-3-5-7-9-11-13-15-17-19-21-23-24-26-28-30-32-34-36-38-40-42-43(44(45)46)41-39-37-35-33-31-29-27-25-22-20-18-16-14-12-10-8-6-4-2/h18,20,43H,3-17,19,21-42H2,1-2H3,(H2,45,46)/b20-18-. The zero-order valence-electron chi connectivity index (χ0n) is 32.1. The molecule has 0 saturated heterocycles. The van der Waals surface area contributed by atoms with Gasteiger partial charge in [-0.2, -0.15) is 0 Å². The maximum absolute atomic E-state index is 12.0. The van der Waals surface area contributed by atoms with Gasteiger partial charge in [-0.25, -0.2) is 0 Å². The molecule has 0 heterocycles. The van der Waals surface area contributed by atoms with Gasteiger partial charge in [-0.3, -0.25) is 4.79 Å². The van der Waals surface area contributed by atoms with Gasteiger partial charge in [0.2, 0.25) is 5.91 Å². The monoisotopic (exact) mass is 646 g/mol. The molecule has 46 heavy (non-hydrogen) atoms. The van der Waals surface area contributed by atoms with Gasteiger partial charge in [0.05, 0.1) is 0 Å². The van der Waals surface area contributed by atoms with Crippen LogP contribution >= 0.6 is 0 Å². The van der Waals surface area contributed by atoms with Crippen LogP contribution in [0.25, 0.3) is 0 Å². The summed E-state index contributed by atoms with van der Waals surface area (Å²) in [5.74, 6) is 0.0588. The topological polar surface area (TPSA) is 43.1 Å². The largest absolute Gasteiger partial charge is 0.369 e. The Hall–Kier alpha value is -0.790. The summed E-state index contributed by atoms with van der Waals surface area (Å²) in [6, 6.07) is 0. The highest BCUT2D eigenvalue weighted by Crippen LogP contribution is 2.20. The molecule has 2 N–H and O–H groups in total. The number of carbonyl (C=O) groups is 1. The van der Waals surface area contributed by atoms with Gasteiger partial charge in [0.15, 0.2) is 0 Å². The molecular weight excluding hydrogens is 558 g/mol. The first kappa shape index (κ1) is 45.2. The Labute approximate surface area is 291 Å². The Morgan fingerprint density at radius 2 is 0.587 bits per heavy atom. The minimum Gasteiger partial charge on any atom is -0.369 e. The lowest BCUT2D eigenvalue weighted by Crippen LogP contribution is -2.23. The average molecular weight is 646 g/mol. The Kier molecular flexibility index (Phi) is 39.7. The van der Waals surface area contributed by atoms with E-state index in [0.717, 1.165) is 12.8 Å². The second kappa shape index (κ2) is 40.4. The minimum atomic E-state index is -0.0566. The highest BCUT2D eigenvalue weighted by Gasteiger charge is 2.14. The molecule has 0 radical (unpaired) electrons. The lowest BCUT2D eigenvalue weighted by Gasteiger charge is -2.13. The van der Waals surface area contributed by atoms with E-state index in [2.05, 4.69) is 26.0 Å². The number of nitrogens with two attached hydrogens (primary N) is 1. The number of rotatable bonds is 40. The zero-order chi connectivity index (χ0) is 33.4. The minimum absolute atomic E-state index is 0.0566. The predicted molar refractivity (Wildman–Crippen MR) is 209 cm³/mol. The smallest absolute Gasteiger partial charge is 0.220 e. The number of unbranched alkanes of at least 4 members (excludes halogenated alkanes) is 33. The van der Waals surface area contributed by atoms with Crippen molar-refractivity contribution in [1.29, 1.82) is 0 Å². The summed E-state index contributed by atoms with van der Waals surface area (Å²) in [5.41, 5.74) is 5.75. The van der Waals surface area contributed by atoms with Gasteiger partial charge in [-0.1, -0.05) is 231 Å². The van der Waals surface area contributed by atoms with Crippen molar-refractivity contribution in [2.75, 3.05) is 0 Å². The van der Waals surface area contributed by atoms with E-state index in [1.807, 2.05) is 0 Å². The quantitative estimate of drug-likeness (QED) is 0.0523. The maximum Gasteiger partial charge on any atom is 0.220 e. The summed E-state index contributed by atoms with van der Waals surface area (Å²) < 4.78 is 0. The van der Waals surface area contributed by atoms with Gasteiger partial charge in [-0.15, -0.1) is 0 Å². The number of amides is 1. The van der Waals surface area contributed by atoms with Gasteiger partial charge in [0.1, 0.15) is 0 Å². The van der Waals surface area contributed by atoms with Crippen molar-refractivity contribution >= 4 is 5.91 Å². The van der Waals surface area contributed by atoms with Crippen LogP contribution in [0, 0.1) is 5.92 Å². The van der Waals surface area contributed by atoms with Crippen LogP contribution in [0.2, 0.25) is 0 Å². The molecule has 274 valence electrons. The van der Waals surface area contributed by atoms with E-state index in [0.29, 0.717) is 0 Å². The lowest BCUT2D eigenvalue weighted by atomic mass is 9.93. The normalized spacial score (nSPS) is 12.4. The van der Waals surface area contributed by atoms with E-state index in [1.165, 1.54) is 231 Å². The molecule has 2 nitrogen and oxygen atoms in total. The fourth-order valence-corrected chi connectivity index (χ4v) is 7.07. The van der Waals surface area contributed by atoms with E-state index in [9.17, 15) is 4.79 Å². The average Bonchev–Trinajstić information content (AvgIpc) is 3.05. The van der Waals surface area contributed by atoms with Crippen LogP contribution in [-0.4, -0.2) is 5.91 Å². The van der Waals surface area contributed by atoms with Crippen LogP contribution in [0.3, 0.4) is 0 Å². The first-order valence-corrected chi connectivity index (χ1v) is 21.7. The third-order valence-electron chi connectivity index (χ3n) is 10.4. The van der Waals surface area contributed by atoms with Crippen LogP contribution < -0.4 is 5.73 Å². The second-order valence-electron chi connectivity index (χ2n) is 15.0. The number of hydrogen-bond donors (Lipinski definition) is 1. The Morgan fingerprint density at radius 3 is 0.826 bits per heavy atom. The highest BCUT2D eigenvalue weighted by molar-refractivity contribution is 5.76. The number of primary amides is 1. The summed E-state index contributed by atoms with van der Waals surface area (Å²) in [4.78, 5) is 12.0. The van der Waals surface area contributed by atoms with Crippen molar-refractivity contribution in [2.24, 2.45) is 11.7 Å². The van der Waals surface area contributed by atoms with Crippen molar-refractivity contribution in [3.63, 3.8) is 0 Å². The summed E-state index contributed by atoms with van der Waals surface area (Å²) in [6.45, 7) is 4.59. The fourth-order valence-electron chi connectivity index (χ4n) is 7.07. The molecule has 1 atom stereocenters. The molecule has 0 aliphatic carbocycles. The van der Waals surface area contributed by atoms with E-state index in [1.54, 1.807) is 0 Å². The van der Waals surface area contributed by atoms with Crippen molar-refractivity contribution in [1.82, 2.24) is 0 Å². The molecule has 2 heteroatoms. The third-order valence-corrected chi connectivity index (χ3v) is 10.4. The molecule has 0 bridgehead atoms. The van der Waals surface area contributed by atoms with Crippen molar-refractivity contribution in [2.45, 2.75) is 258 Å². The molecule has 0 saturated carbocycles. The SMILES string of the molecule is CCCCCCCC/C=C\CCCCCCCCCCC(CCCCCCCCCCCCCCCCCCCCCC)C(N)=O. The van der Waals surface area contributed by atoms with Crippen molar-refractivity contribution in [3.05, 3.63) is 12.2 Å². The molecule has 1 unspecified atom stereocenters. The van der Waals surface area contributed by atoms with E-state index >= 15 is 0 Å². The molecule has 0 aromatic heterocycles. The second-order valence-corrected chi connectivity index (χ2v) is 15.0. The first-order valence-electron chi connectivity index (χ1n) is 21.7. The predicted octanol–water partition coefficient (Wildman–Crippen LogP) is 15.5. The van der Waals surface area contributed by atoms with Gasteiger partial charge in [0, 0.05) is 5.92 Å². The fraction of sp³-hybridized carbons (Fsp3) is 0.932. The van der Waals surface area contributed by atoms with Crippen LogP contribution in [0.4, 0.5) is 0 Å². The van der Waals surface area contributed by atoms with Crippen LogP contribution in [0.1, 0.15) is 258 Å². The van der Waals surface area contributed by atoms with Crippen LogP contribution in [0.5, 0.6) is 0 Å². The number of carbonyl (C=O) groups excluding carboxylic acids is 1. The molecule has 0 aliphatic heterocycles. The molecule has 0 fully saturated rings. The molecule has 0 aromatic carbocycles. The van der Waals surface area contributed by atoms with E-state index in [-0.39, 0.29) is 11.8 Å². The number of hydrogen-bond acceptors (Lipinski definition) is 1. The van der Waals surface area contributed by atoms with Gasteiger partial charge >= 0.3 is 0 Å². The summed E-state index contributed by atoms with van der Waals surface area (Å²) in [5, 5.41) is 0. The third kappa shape index (κ3) is 37.7. The molecule has 0 rings (SSSR count). The zero-order valence-corrected chi connectivity index (χ0v) is 32.1. The molecule has 0 aliphatic rings. The lowest BCUT2D eigenvalue weighted by molar-refractivity contribution is -0.122. The summed E-state index contributed by atoms with van der Waals surface area (Å²) >= 11 is 0. The molecule has 0 aromatic rings. The highest BCUT2D eigenvalue weighted by atomic mass is 16.1. The maximum atomic E-state index is 12.0. The molecule has 0 spiro atoms. The van der Waals surface area contributed by atoms with Crippen LogP contribution in [-0.2, 0) is 4.79 Å². The Bertz CT molecular complexity index is 599. The Balaban J connectivity index is 3.38. The molecule has 1 amide bonds. The van der Waals surface area contributed by atoms with Gasteiger partial charge in [0.25, 0.3) is 0 Å². The molecular formula is C44H87NO. The summed E-state index contributed by atoms with van der Waals surface area (Å²) in [6.07, 6.45) is 56.6. The van der Waals surface area contributed by atoms with Crippen molar-refractivity contribution < 1.29 is 4.79 Å². The summed E-state index contributed by atoms with van der Waals surface area (Å²) in [7, 11) is 0. The van der Waals surface area contributed by atoms with Gasteiger partial charge < -0.3 is 5.73 Å². The van der Waals surface area contributed by atoms with Crippen LogP contribution in [0.15, 0.2) is 12.2 Å². The first-order chi connectivity index (χ1) is 22.7. The number of allylic oxidation sites excluding steroid dienone is 2. The Morgan fingerprint density at radius 1 is 0.370 bits per heavy atom. The van der Waals surface area contributed by atoms with E-state index in [4.69, 9.17) is 5.73 Å².